The largest absolute Gasteiger partial charge is 0.390 e. The molecule has 0 aromatic carbocycles. The number of likely N-dealkylation sites (N-methyl/N-ethyl adjacent to an activating group) is 3. The van der Waals surface area contributed by atoms with Gasteiger partial charge in [0.25, 0.3) is 0 Å². The number of nitrogens with one attached hydrogen (secondary N) is 6. The lowest BCUT2D eigenvalue weighted by Crippen LogP contribution is -2.47. The SMILES string of the molecule is CNCC[C@H](NC)C(=O)NCCC[C@H](NC)C(=O)NCC(O)CNC. The number of carbonyl (C=O) groups excluding carboxylic acids is 2. The maximum Gasteiger partial charge on any atom is 0.237 e. The third-order valence-electron chi connectivity index (χ3n) is 3.93. The molecule has 0 aromatic heterocycles. The first kappa shape index (κ1) is 23.7. The number of aliphatic hydroxyl groups is 1. The zero-order valence-corrected chi connectivity index (χ0v) is 15.9. The number of hydrogen-bond acceptors (Lipinski definition) is 7. The van der Waals surface area contributed by atoms with Crippen LogP contribution in [-0.4, -0.2) is 89.5 Å². The zero-order valence-electron chi connectivity index (χ0n) is 15.9. The normalized spacial score (nSPS) is 14.6. The van der Waals surface area contributed by atoms with Crippen molar-refractivity contribution in [3.8, 4) is 0 Å². The molecule has 9 heteroatoms. The van der Waals surface area contributed by atoms with Crippen LogP contribution in [0.5, 0.6) is 0 Å². The Balaban J connectivity index is 4.05. The molecule has 0 heterocycles. The highest BCUT2D eigenvalue weighted by Gasteiger charge is 2.18. The second-order valence-electron chi connectivity index (χ2n) is 5.96. The van der Waals surface area contributed by atoms with Gasteiger partial charge >= 0.3 is 0 Å². The van der Waals surface area contributed by atoms with Gasteiger partial charge in [-0.05, 0) is 54.0 Å². The lowest BCUT2D eigenvalue weighted by Gasteiger charge is -2.19. The van der Waals surface area contributed by atoms with E-state index < -0.39 is 6.10 Å². The van der Waals surface area contributed by atoms with Crippen molar-refractivity contribution in [3.05, 3.63) is 0 Å². The Labute approximate surface area is 151 Å². The molecule has 0 bridgehead atoms. The van der Waals surface area contributed by atoms with E-state index in [-0.39, 0.29) is 30.4 Å². The second-order valence-corrected chi connectivity index (χ2v) is 5.96. The van der Waals surface area contributed by atoms with Crippen LogP contribution in [0.15, 0.2) is 0 Å². The van der Waals surface area contributed by atoms with Crippen LogP contribution in [-0.2, 0) is 9.59 Å². The quantitative estimate of drug-likeness (QED) is 0.159. The van der Waals surface area contributed by atoms with Gasteiger partial charge in [0, 0.05) is 19.6 Å². The third-order valence-corrected chi connectivity index (χ3v) is 3.93. The molecule has 0 rings (SSSR count). The van der Waals surface area contributed by atoms with Crippen molar-refractivity contribution in [1.82, 2.24) is 31.9 Å². The molecule has 0 aromatic rings. The Morgan fingerprint density at radius 1 is 0.800 bits per heavy atom. The van der Waals surface area contributed by atoms with Gasteiger partial charge in [0.2, 0.25) is 11.8 Å². The van der Waals surface area contributed by atoms with Crippen LogP contribution >= 0.6 is 0 Å². The molecule has 1 unspecified atom stereocenters. The second kappa shape index (κ2) is 15.0. The van der Waals surface area contributed by atoms with Crippen LogP contribution in [0.1, 0.15) is 19.3 Å². The molecule has 0 fully saturated rings. The Kier molecular flexibility index (Phi) is 14.3. The molecule has 9 nitrogen and oxygen atoms in total. The summed E-state index contributed by atoms with van der Waals surface area (Å²) in [5.74, 6) is -0.176. The van der Waals surface area contributed by atoms with E-state index in [1.807, 2.05) is 7.05 Å². The van der Waals surface area contributed by atoms with Gasteiger partial charge < -0.3 is 37.0 Å². The van der Waals surface area contributed by atoms with Crippen LogP contribution in [0.25, 0.3) is 0 Å². The molecule has 2 amide bonds. The summed E-state index contributed by atoms with van der Waals surface area (Å²) < 4.78 is 0. The van der Waals surface area contributed by atoms with Gasteiger partial charge in [-0.25, -0.2) is 0 Å². The van der Waals surface area contributed by atoms with Crippen molar-refractivity contribution < 1.29 is 14.7 Å². The number of amides is 2. The fourth-order valence-corrected chi connectivity index (χ4v) is 2.39. The summed E-state index contributed by atoms with van der Waals surface area (Å²) in [6, 6.07) is -0.562. The van der Waals surface area contributed by atoms with Crippen molar-refractivity contribution in [2.45, 2.75) is 37.5 Å². The van der Waals surface area contributed by atoms with Crippen LogP contribution in [0.3, 0.4) is 0 Å². The van der Waals surface area contributed by atoms with Gasteiger partial charge in [0.05, 0.1) is 18.2 Å². The van der Waals surface area contributed by atoms with E-state index in [2.05, 4.69) is 31.9 Å². The van der Waals surface area contributed by atoms with Gasteiger partial charge in [-0.3, -0.25) is 9.59 Å². The minimum Gasteiger partial charge on any atom is -0.390 e. The molecule has 0 aliphatic heterocycles. The van der Waals surface area contributed by atoms with Gasteiger partial charge in [-0.2, -0.15) is 0 Å². The van der Waals surface area contributed by atoms with E-state index in [4.69, 9.17) is 0 Å². The Bertz CT molecular complexity index is 370. The summed E-state index contributed by atoms with van der Waals surface area (Å²) >= 11 is 0. The van der Waals surface area contributed by atoms with Gasteiger partial charge in [-0.15, -0.1) is 0 Å². The zero-order chi connectivity index (χ0) is 19.1. The molecule has 0 aliphatic carbocycles. The van der Waals surface area contributed by atoms with Gasteiger partial charge in [0.15, 0.2) is 0 Å². The average molecular weight is 361 g/mol. The molecule has 7 N–H and O–H groups in total. The van der Waals surface area contributed by atoms with Crippen LogP contribution in [0.4, 0.5) is 0 Å². The Hall–Kier alpha value is -1.26. The van der Waals surface area contributed by atoms with Crippen LogP contribution < -0.4 is 31.9 Å². The summed E-state index contributed by atoms with van der Waals surface area (Å²) in [5.41, 5.74) is 0. The third kappa shape index (κ3) is 11.1. The fourth-order valence-electron chi connectivity index (χ4n) is 2.39. The van der Waals surface area contributed by atoms with Gasteiger partial charge in [0.1, 0.15) is 0 Å². The molecular formula is C16H36N6O3. The predicted octanol–water partition coefficient (Wildman–Crippen LogP) is -2.64. The Morgan fingerprint density at radius 3 is 1.96 bits per heavy atom. The first-order valence-corrected chi connectivity index (χ1v) is 8.87. The highest BCUT2D eigenvalue weighted by atomic mass is 16.3. The van der Waals surface area contributed by atoms with E-state index in [9.17, 15) is 14.7 Å². The lowest BCUT2D eigenvalue weighted by atomic mass is 10.1. The maximum absolute atomic E-state index is 12.1. The Morgan fingerprint density at radius 2 is 1.40 bits per heavy atom. The minimum atomic E-state index is -0.609. The molecule has 148 valence electrons. The molecule has 0 aliphatic rings. The van der Waals surface area contributed by atoms with Crippen molar-refractivity contribution >= 4 is 11.8 Å². The summed E-state index contributed by atoms with van der Waals surface area (Å²) in [6.07, 6.45) is 1.40. The first-order valence-electron chi connectivity index (χ1n) is 8.87. The van der Waals surface area contributed by atoms with E-state index in [0.29, 0.717) is 25.9 Å². The maximum atomic E-state index is 12.1. The molecule has 0 saturated heterocycles. The minimum absolute atomic E-state index is 0.0293. The topological polar surface area (TPSA) is 127 Å². The number of hydrogen-bond donors (Lipinski definition) is 7. The highest BCUT2D eigenvalue weighted by Crippen LogP contribution is 1.98. The van der Waals surface area contributed by atoms with Crippen LogP contribution in [0, 0.1) is 0 Å². The van der Waals surface area contributed by atoms with E-state index in [1.165, 1.54) is 0 Å². The van der Waals surface area contributed by atoms with Crippen molar-refractivity contribution in [3.63, 3.8) is 0 Å². The summed E-state index contributed by atoms with van der Waals surface area (Å²) in [7, 11) is 7.09. The number of rotatable bonds is 15. The first-order chi connectivity index (χ1) is 12.0. The number of aliphatic hydroxyl groups excluding tert-OH is 1. The molecule has 0 saturated carbocycles. The van der Waals surface area contributed by atoms with E-state index >= 15 is 0 Å². The van der Waals surface area contributed by atoms with Crippen molar-refractivity contribution in [1.29, 1.82) is 0 Å². The molecule has 0 radical (unpaired) electrons. The van der Waals surface area contributed by atoms with Crippen molar-refractivity contribution in [2.75, 3.05) is 54.4 Å². The summed E-state index contributed by atoms with van der Waals surface area (Å²) in [4.78, 5) is 24.1. The summed E-state index contributed by atoms with van der Waals surface area (Å²) in [6.45, 7) is 1.92. The van der Waals surface area contributed by atoms with Crippen LogP contribution in [0.2, 0.25) is 0 Å². The summed E-state index contributed by atoms with van der Waals surface area (Å²) in [5, 5.41) is 27.1. The number of carbonyl (C=O) groups is 2. The molecule has 3 atom stereocenters. The molecule has 0 spiro atoms. The van der Waals surface area contributed by atoms with Gasteiger partial charge in [-0.1, -0.05) is 0 Å². The smallest absolute Gasteiger partial charge is 0.237 e. The molecule has 25 heavy (non-hydrogen) atoms. The molecular weight excluding hydrogens is 324 g/mol. The standard InChI is InChI=1S/C16H36N6O3/c1-17-9-7-14(20-4)15(24)21-8-5-6-13(19-3)16(25)22-11-12(23)10-18-2/h12-14,17-20,23H,5-11H2,1-4H3,(H,21,24)(H,22,25)/t12?,13-,14-/m0/s1. The van der Waals surface area contributed by atoms with E-state index in [0.717, 1.165) is 13.0 Å². The highest BCUT2D eigenvalue weighted by molar-refractivity contribution is 5.82. The lowest BCUT2D eigenvalue weighted by molar-refractivity contribution is -0.123. The van der Waals surface area contributed by atoms with Crippen molar-refractivity contribution in [2.24, 2.45) is 0 Å². The van der Waals surface area contributed by atoms with E-state index in [1.54, 1.807) is 21.1 Å². The fraction of sp³-hybridized carbons (Fsp3) is 0.875. The average Bonchev–Trinajstić information content (AvgIpc) is 2.60. The monoisotopic (exact) mass is 360 g/mol. The predicted molar refractivity (Wildman–Crippen MR) is 99.4 cm³/mol.